The summed E-state index contributed by atoms with van der Waals surface area (Å²) in [4.78, 5) is 46.2. The van der Waals surface area contributed by atoms with Gasteiger partial charge in [0.05, 0.1) is 12.7 Å². The molecule has 26 heavy (non-hydrogen) atoms. The Hall–Kier alpha value is -3.75. The number of fused-ring (bicyclic) bond motifs is 1. The Bertz CT molecular complexity index is 1090. The number of aryl methyl sites for hydroxylation is 1. The van der Waals surface area contributed by atoms with E-state index in [4.69, 9.17) is 9.84 Å². The largest absolute Gasteiger partial charge is 0.478 e. The molecule has 9 heteroatoms. The van der Waals surface area contributed by atoms with Crippen LogP contribution >= 0.6 is 0 Å². The maximum atomic E-state index is 12.5. The predicted octanol–water partition coefficient (Wildman–Crippen LogP) is 1.59. The Kier molecular flexibility index (Phi) is 4.36. The van der Waals surface area contributed by atoms with E-state index < -0.39 is 17.4 Å². The number of nitrogens with one attached hydrogen (secondary N) is 2. The molecule has 0 aliphatic carbocycles. The first kappa shape index (κ1) is 17.1. The van der Waals surface area contributed by atoms with Gasteiger partial charge in [-0.1, -0.05) is 6.07 Å². The number of amides is 1. The molecule has 0 saturated carbocycles. The molecule has 0 bridgehead atoms. The number of rotatable bonds is 4. The molecule has 0 aliphatic heterocycles. The van der Waals surface area contributed by atoms with Crippen molar-refractivity contribution < 1.29 is 19.4 Å². The number of anilines is 1. The summed E-state index contributed by atoms with van der Waals surface area (Å²) < 4.78 is 4.89. The monoisotopic (exact) mass is 354 g/mol. The maximum Gasteiger partial charge on any atom is 0.335 e. The molecule has 0 radical (unpaired) electrons. The van der Waals surface area contributed by atoms with E-state index >= 15 is 0 Å². The summed E-state index contributed by atoms with van der Waals surface area (Å²) in [7, 11) is 1.40. The summed E-state index contributed by atoms with van der Waals surface area (Å²) in [5, 5.41) is 12.1. The lowest BCUT2D eigenvalue weighted by Gasteiger charge is -2.09. The van der Waals surface area contributed by atoms with E-state index in [2.05, 4.69) is 20.3 Å². The lowest BCUT2D eigenvalue weighted by Crippen LogP contribution is -2.23. The highest BCUT2D eigenvalue weighted by atomic mass is 16.5. The summed E-state index contributed by atoms with van der Waals surface area (Å²) >= 11 is 0. The van der Waals surface area contributed by atoms with E-state index in [0.717, 1.165) is 0 Å². The molecule has 2 heterocycles. The third-order valence-electron chi connectivity index (χ3n) is 3.73. The zero-order valence-electron chi connectivity index (χ0n) is 13.9. The molecule has 3 N–H and O–H groups in total. The van der Waals surface area contributed by atoms with Crippen molar-refractivity contribution in [1.82, 2.24) is 15.0 Å². The van der Waals surface area contributed by atoms with Crippen molar-refractivity contribution >= 4 is 28.6 Å². The highest BCUT2D eigenvalue weighted by Gasteiger charge is 2.15. The molecule has 1 amide bonds. The summed E-state index contributed by atoms with van der Waals surface area (Å²) in [5.74, 6) is -1.79. The summed E-state index contributed by atoms with van der Waals surface area (Å²) in [6, 6.07) is 5.79. The maximum absolute atomic E-state index is 12.5. The van der Waals surface area contributed by atoms with Crippen LogP contribution in [0.1, 0.15) is 26.3 Å². The zero-order chi connectivity index (χ0) is 18.8. The summed E-state index contributed by atoms with van der Waals surface area (Å²) in [6.07, 6.45) is 1.42. The average molecular weight is 354 g/mol. The second-order valence-electron chi connectivity index (χ2n) is 5.46. The number of carbonyl (C=O) groups is 2. The minimum absolute atomic E-state index is 0.0267. The molecule has 3 aromatic rings. The van der Waals surface area contributed by atoms with Gasteiger partial charge in [-0.25, -0.2) is 9.78 Å². The SMILES string of the molecule is COc1ncc2cc(C(=O)Nc3cc(C(=O)O)ccc3C)c(=O)[nH]c2n1. The molecule has 0 spiro atoms. The van der Waals surface area contributed by atoms with Crippen LogP contribution in [0.3, 0.4) is 0 Å². The van der Waals surface area contributed by atoms with Crippen LogP contribution in [-0.2, 0) is 0 Å². The van der Waals surface area contributed by atoms with Crippen LogP contribution in [0.25, 0.3) is 11.0 Å². The fourth-order valence-electron chi connectivity index (χ4n) is 2.32. The fourth-order valence-corrected chi connectivity index (χ4v) is 2.32. The number of pyridine rings is 1. The number of carbonyl (C=O) groups excluding carboxylic acids is 1. The molecule has 2 aromatic heterocycles. The smallest absolute Gasteiger partial charge is 0.335 e. The van der Waals surface area contributed by atoms with Gasteiger partial charge in [0, 0.05) is 17.3 Å². The lowest BCUT2D eigenvalue weighted by atomic mass is 10.1. The minimum Gasteiger partial charge on any atom is -0.478 e. The molecule has 9 nitrogen and oxygen atoms in total. The number of H-pyrrole nitrogens is 1. The number of nitrogens with zero attached hydrogens (tertiary/aromatic N) is 2. The molecule has 0 unspecified atom stereocenters. The molecular weight excluding hydrogens is 340 g/mol. The highest BCUT2D eigenvalue weighted by Crippen LogP contribution is 2.18. The minimum atomic E-state index is -1.12. The van der Waals surface area contributed by atoms with Crippen molar-refractivity contribution in [2.45, 2.75) is 6.92 Å². The number of hydrogen-bond acceptors (Lipinski definition) is 6. The van der Waals surface area contributed by atoms with Crippen molar-refractivity contribution in [1.29, 1.82) is 0 Å². The van der Waals surface area contributed by atoms with Crippen LogP contribution in [0.4, 0.5) is 5.69 Å². The Balaban J connectivity index is 1.98. The number of benzene rings is 1. The second-order valence-corrected chi connectivity index (χ2v) is 5.46. The third kappa shape index (κ3) is 3.22. The number of aromatic carboxylic acids is 1. The van der Waals surface area contributed by atoms with Gasteiger partial charge in [0.25, 0.3) is 11.5 Å². The molecule has 1 aromatic carbocycles. The molecule has 132 valence electrons. The summed E-state index contributed by atoms with van der Waals surface area (Å²) in [6.45, 7) is 1.71. The van der Waals surface area contributed by atoms with E-state index in [1.807, 2.05) is 0 Å². The first-order valence-electron chi connectivity index (χ1n) is 7.48. The van der Waals surface area contributed by atoms with Gasteiger partial charge in [-0.15, -0.1) is 0 Å². The van der Waals surface area contributed by atoms with Crippen LogP contribution in [0, 0.1) is 6.92 Å². The normalized spacial score (nSPS) is 10.5. The van der Waals surface area contributed by atoms with Gasteiger partial charge in [0.1, 0.15) is 11.2 Å². The first-order chi connectivity index (χ1) is 12.4. The van der Waals surface area contributed by atoms with Crippen LogP contribution in [-0.4, -0.2) is 39.0 Å². The fraction of sp³-hybridized carbons (Fsp3) is 0.118. The van der Waals surface area contributed by atoms with E-state index in [1.54, 1.807) is 13.0 Å². The van der Waals surface area contributed by atoms with Crippen LogP contribution in [0.2, 0.25) is 0 Å². The van der Waals surface area contributed by atoms with E-state index in [9.17, 15) is 14.4 Å². The summed E-state index contributed by atoms with van der Waals surface area (Å²) in [5.41, 5.74) is 0.449. The van der Waals surface area contributed by atoms with E-state index in [0.29, 0.717) is 16.6 Å². The number of aromatic amines is 1. The topological polar surface area (TPSA) is 134 Å². The Morgan fingerprint density at radius 3 is 2.73 bits per heavy atom. The number of ether oxygens (including phenoxy) is 1. The quantitative estimate of drug-likeness (QED) is 0.647. The van der Waals surface area contributed by atoms with E-state index in [-0.39, 0.29) is 22.8 Å². The lowest BCUT2D eigenvalue weighted by molar-refractivity contribution is 0.0696. The van der Waals surface area contributed by atoms with Gasteiger partial charge >= 0.3 is 12.0 Å². The average Bonchev–Trinajstić information content (AvgIpc) is 2.62. The van der Waals surface area contributed by atoms with E-state index in [1.165, 1.54) is 31.5 Å². The molecule has 3 rings (SSSR count). The van der Waals surface area contributed by atoms with Crippen LogP contribution < -0.4 is 15.6 Å². The van der Waals surface area contributed by atoms with Gasteiger partial charge in [-0.2, -0.15) is 4.98 Å². The van der Waals surface area contributed by atoms with Crippen LogP contribution in [0.15, 0.2) is 35.3 Å². The molecule has 0 fully saturated rings. The van der Waals surface area contributed by atoms with Crippen LogP contribution in [0.5, 0.6) is 6.01 Å². The number of methoxy groups -OCH3 is 1. The zero-order valence-corrected chi connectivity index (χ0v) is 13.9. The van der Waals surface area contributed by atoms with Crippen molar-refractivity contribution in [3.8, 4) is 6.01 Å². The van der Waals surface area contributed by atoms with Gasteiger partial charge < -0.3 is 20.1 Å². The van der Waals surface area contributed by atoms with Gasteiger partial charge in [-0.3, -0.25) is 9.59 Å². The van der Waals surface area contributed by atoms with Crippen molar-refractivity contribution in [3.63, 3.8) is 0 Å². The van der Waals surface area contributed by atoms with Gasteiger partial charge in [-0.05, 0) is 30.7 Å². The van der Waals surface area contributed by atoms with Crippen molar-refractivity contribution in [2.75, 3.05) is 12.4 Å². The number of hydrogen-bond donors (Lipinski definition) is 3. The number of carboxylic acids is 1. The molecule has 0 atom stereocenters. The van der Waals surface area contributed by atoms with Crippen molar-refractivity contribution in [3.05, 3.63) is 57.5 Å². The first-order valence-corrected chi connectivity index (χ1v) is 7.48. The van der Waals surface area contributed by atoms with Gasteiger partial charge in [0.15, 0.2) is 0 Å². The van der Waals surface area contributed by atoms with Gasteiger partial charge in [0.2, 0.25) is 0 Å². The molecule has 0 aliphatic rings. The number of aromatic nitrogens is 3. The molecule has 0 saturated heterocycles. The molecular formula is C17H14N4O5. The van der Waals surface area contributed by atoms with Crippen molar-refractivity contribution in [2.24, 2.45) is 0 Å². The predicted molar refractivity (Wildman–Crippen MR) is 92.8 cm³/mol. The second kappa shape index (κ2) is 6.63. The Morgan fingerprint density at radius 1 is 1.27 bits per heavy atom. The standard InChI is InChI=1S/C17H14N4O5/c1-8-3-4-9(16(24)25)6-12(8)19-14(22)11-5-10-7-18-17(26-2)21-13(10)20-15(11)23/h3-7H,1-2H3,(H,19,22)(H,24,25)(H,18,20,21,23). The third-order valence-corrected chi connectivity index (χ3v) is 3.73. The Morgan fingerprint density at radius 2 is 2.04 bits per heavy atom. The number of carboxylic acid groups (broad SMARTS) is 1. The highest BCUT2D eigenvalue weighted by molar-refractivity contribution is 6.06. The Labute approximate surface area is 146 Å².